The first-order valence-corrected chi connectivity index (χ1v) is 8.68. The van der Waals surface area contributed by atoms with E-state index in [9.17, 15) is 0 Å². The van der Waals surface area contributed by atoms with Crippen LogP contribution in [0.3, 0.4) is 0 Å². The van der Waals surface area contributed by atoms with Gasteiger partial charge in [0.05, 0.1) is 20.1 Å². The summed E-state index contributed by atoms with van der Waals surface area (Å²) in [6, 6.07) is 0.717. The monoisotopic (exact) mass is 399 g/mol. The van der Waals surface area contributed by atoms with Crippen molar-refractivity contribution in [3.63, 3.8) is 0 Å². The zero-order valence-electron chi connectivity index (χ0n) is 13.1. The predicted molar refractivity (Wildman–Crippen MR) is 90.8 cm³/mol. The van der Waals surface area contributed by atoms with E-state index in [2.05, 4.69) is 56.5 Å². The molecule has 0 heterocycles. The van der Waals surface area contributed by atoms with Gasteiger partial charge in [-0.15, -0.1) is 6.42 Å². The van der Waals surface area contributed by atoms with E-state index in [1.165, 1.54) is 51.4 Å². The molecule has 2 atom stereocenters. The van der Waals surface area contributed by atoms with Gasteiger partial charge in [0.2, 0.25) is 0 Å². The maximum atomic E-state index is 5.61. The molecule has 0 spiro atoms. The van der Waals surface area contributed by atoms with Gasteiger partial charge in [-0.3, -0.25) is 0 Å². The van der Waals surface area contributed by atoms with Gasteiger partial charge >= 0.3 is 0 Å². The molecule has 0 N–H and O–H groups in total. The highest BCUT2D eigenvalue weighted by Gasteiger charge is 2.32. The van der Waals surface area contributed by atoms with Crippen LogP contribution in [0.25, 0.3) is 0 Å². The lowest BCUT2D eigenvalue weighted by atomic mass is 10.00. The van der Waals surface area contributed by atoms with Crippen LogP contribution >= 0.6 is 22.6 Å². The molecule has 0 aliphatic rings. The van der Waals surface area contributed by atoms with E-state index >= 15 is 0 Å². The smallest absolute Gasteiger partial charge is 0.200 e. The van der Waals surface area contributed by atoms with Crippen molar-refractivity contribution in [1.82, 2.24) is 0 Å². The molecule has 0 saturated carbocycles. The third-order valence-electron chi connectivity index (χ3n) is 3.93. The number of terminal acetylenes is 1. The summed E-state index contributed by atoms with van der Waals surface area (Å²) < 4.78 is 1.26. The Morgan fingerprint density at radius 2 is 1.58 bits per heavy atom. The zero-order chi connectivity index (χ0) is 14.0. The molecule has 0 aliphatic carbocycles. The molecule has 0 aromatic rings. The minimum absolute atomic E-state index is 0. The number of halogens is 2. The maximum absolute atomic E-state index is 5.61. The van der Waals surface area contributed by atoms with Crippen LogP contribution in [0, 0.1) is 12.3 Å². The molecule has 3 heteroatoms. The van der Waals surface area contributed by atoms with Crippen LogP contribution in [0.1, 0.15) is 65.2 Å². The normalized spacial score (nSPS) is 14.3. The Labute approximate surface area is 141 Å². The van der Waals surface area contributed by atoms with Gasteiger partial charge in [-0.1, -0.05) is 46.0 Å². The second kappa shape index (κ2) is 12.3. The van der Waals surface area contributed by atoms with E-state index in [1.54, 1.807) is 0 Å². The first kappa shape index (κ1) is 21.8. The highest BCUT2D eigenvalue weighted by atomic mass is 127. The molecule has 0 bridgehead atoms. The lowest BCUT2D eigenvalue weighted by molar-refractivity contribution is -0.914. The van der Waals surface area contributed by atoms with Crippen molar-refractivity contribution in [3.05, 3.63) is 0 Å². The molecule has 0 aliphatic heterocycles. The molecule has 0 rings (SSSR count). The van der Waals surface area contributed by atoms with Gasteiger partial charge in [0.15, 0.2) is 4.05 Å². The number of unbranched alkanes of at least 4 members (excludes halogenated alkanes) is 4. The quantitative estimate of drug-likeness (QED) is 0.132. The van der Waals surface area contributed by atoms with Crippen LogP contribution in [0.2, 0.25) is 0 Å². The standard InChI is InChI=1S/C16H31IN.ClH/c1-6-9-10-11-12-14-15(13-7-2)18(4,5)16(17)8-3;/h3,15-16H,6-7,9-14H2,1-2,4-5H3;1H/q+1;/p-1. The summed E-state index contributed by atoms with van der Waals surface area (Å²) in [6.45, 7) is 4.55. The SMILES string of the molecule is C#CC(I)[N+](C)(C)C(CCC)CCCCCCC.[Cl-]. The average Bonchev–Trinajstić information content (AvgIpc) is 2.36. The number of hydrogen-bond donors (Lipinski definition) is 0. The highest BCUT2D eigenvalue weighted by molar-refractivity contribution is 14.1. The van der Waals surface area contributed by atoms with Crippen LogP contribution in [-0.4, -0.2) is 28.7 Å². The molecule has 114 valence electrons. The molecular weight excluding hydrogens is 369 g/mol. The molecule has 0 radical (unpaired) electrons. The van der Waals surface area contributed by atoms with E-state index in [4.69, 9.17) is 6.42 Å². The fraction of sp³-hybridized carbons (Fsp3) is 0.875. The van der Waals surface area contributed by atoms with E-state index in [1.807, 2.05) is 0 Å². The van der Waals surface area contributed by atoms with Crippen molar-refractivity contribution in [3.8, 4) is 12.3 Å². The topological polar surface area (TPSA) is 0 Å². The van der Waals surface area contributed by atoms with Crippen LogP contribution in [0.15, 0.2) is 0 Å². The van der Waals surface area contributed by atoms with Crippen molar-refractivity contribution in [2.24, 2.45) is 0 Å². The van der Waals surface area contributed by atoms with Crippen LogP contribution in [-0.2, 0) is 0 Å². The lowest BCUT2D eigenvalue weighted by Crippen LogP contribution is -3.00. The Hall–Kier alpha value is 0.540. The first-order valence-electron chi connectivity index (χ1n) is 7.44. The van der Waals surface area contributed by atoms with Gasteiger partial charge in [0.25, 0.3) is 0 Å². The van der Waals surface area contributed by atoms with E-state index in [-0.39, 0.29) is 16.5 Å². The Bertz CT molecular complexity index is 248. The zero-order valence-corrected chi connectivity index (χ0v) is 16.0. The Morgan fingerprint density at radius 1 is 1.00 bits per heavy atom. The number of quaternary nitrogens is 1. The largest absolute Gasteiger partial charge is 1.00 e. The number of hydrogen-bond acceptors (Lipinski definition) is 0. The summed E-state index contributed by atoms with van der Waals surface area (Å²) >= 11 is 2.41. The molecule has 19 heavy (non-hydrogen) atoms. The third-order valence-corrected chi connectivity index (χ3v) is 5.72. The maximum Gasteiger partial charge on any atom is 0.200 e. The number of alkyl halides is 1. The van der Waals surface area contributed by atoms with Gasteiger partial charge in [-0.25, -0.2) is 0 Å². The minimum atomic E-state index is 0. The summed E-state index contributed by atoms with van der Waals surface area (Å²) in [5.74, 6) is 2.91. The summed E-state index contributed by atoms with van der Waals surface area (Å²) in [5.41, 5.74) is 0. The second-order valence-electron chi connectivity index (χ2n) is 5.78. The molecule has 0 aromatic carbocycles. The Morgan fingerprint density at radius 3 is 2.05 bits per heavy atom. The van der Waals surface area contributed by atoms with Crippen molar-refractivity contribution < 1.29 is 16.9 Å². The summed E-state index contributed by atoms with van der Waals surface area (Å²) in [6.07, 6.45) is 16.3. The fourth-order valence-electron chi connectivity index (χ4n) is 2.50. The van der Waals surface area contributed by atoms with Crippen molar-refractivity contribution in [2.45, 2.75) is 75.3 Å². The molecule has 0 fully saturated rings. The number of nitrogens with zero attached hydrogens (tertiary/aromatic N) is 1. The van der Waals surface area contributed by atoms with Gasteiger partial charge < -0.3 is 16.9 Å². The molecule has 0 amide bonds. The average molecular weight is 400 g/mol. The summed E-state index contributed by atoms with van der Waals surface area (Å²) in [4.78, 5) is 0. The Balaban J connectivity index is 0. The molecule has 0 saturated heterocycles. The lowest BCUT2D eigenvalue weighted by Gasteiger charge is -2.40. The summed E-state index contributed by atoms with van der Waals surface area (Å²) in [7, 11) is 4.59. The van der Waals surface area contributed by atoms with Crippen LogP contribution in [0.5, 0.6) is 0 Å². The van der Waals surface area contributed by atoms with E-state index in [0.29, 0.717) is 0 Å². The Kier molecular flexibility index (Phi) is 14.1. The van der Waals surface area contributed by atoms with Gasteiger partial charge in [-0.2, -0.15) is 0 Å². The molecule has 0 aromatic heterocycles. The predicted octanol–water partition coefficient (Wildman–Crippen LogP) is 1.99. The highest BCUT2D eigenvalue weighted by Crippen LogP contribution is 2.25. The second-order valence-corrected chi connectivity index (χ2v) is 6.96. The van der Waals surface area contributed by atoms with Crippen molar-refractivity contribution in [2.75, 3.05) is 14.1 Å². The fourth-order valence-corrected chi connectivity index (χ4v) is 2.96. The van der Waals surface area contributed by atoms with Gasteiger partial charge in [0.1, 0.15) is 0 Å². The van der Waals surface area contributed by atoms with Crippen LogP contribution < -0.4 is 12.4 Å². The molecular formula is C16H31ClIN. The molecule has 2 unspecified atom stereocenters. The van der Waals surface area contributed by atoms with Gasteiger partial charge in [0, 0.05) is 22.6 Å². The minimum Gasteiger partial charge on any atom is -1.00 e. The van der Waals surface area contributed by atoms with E-state index in [0.717, 1.165) is 10.5 Å². The molecule has 1 nitrogen and oxygen atoms in total. The van der Waals surface area contributed by atoms with E-state index < -0.39 is 0 Å². The van der Waals surface area contributed by atoms with Crippen molar-refractivity contribution >= 4 is 22.6 Å². The third kappa shape index (κ3) is 8.42. The summed E-state index contributed by atoms with van der Waals surface area (Å²) in [5, 5.41) is 0. The van der Waals surface area contributed by atoms with Gasteiger partial charge in [-0.05, 0) is 25.2 Å². The van der Waals surface area contributed by atoms with Crippen LogP contribution in [0.4, 0.5) is 0 Å². The number of rotatable bonds is 10. The first-order chi connectivity index (χ1) is 8.50. The van der Waals surface area contributed by atoms with Crippen molar-refractivity contribution in [1.29, 1.82) is 0 Å².